The molecule has 0 bridgehead atoms. The molecule has 0 unspecified atom stereocenters. The van der Waals surface area contributed by atoms with Crippen LogP contribution in [0.15, 0.2) is 35.5 Å². The first kappa shape index (κ1) is 34.7. The van der Waals surface area contributed by atoms with Crippen LogP contribution in [-0.4, -0.2) is 40.6 Å². The van der Waals surface area contributed by atoms with Gasteiger partial charge in [0, 0.05) is 12.5 Å². The van der Waals surface area contributed by atoms with Gasteiger partial charge in [-0.25, -0.2) is 0 Å². The Morgan fingerprint density at radius 3 is 2.21 bits per heavy atom. The van der Waals surface area contributed by atoms with Crippen molar-refractivity contribution >= 4 is 16.6 Å². The molecular formula is C34H64O3Si2. The Morgan fingerprint density at radius 1 is 1.05 bits per heavy atom. The van der Waals surface area contributed by atoms with E-state index in [4.69, 9.17) is 8.85 Å². The summed E-state index contributed by atoms with van der Waals surface area (Å²) in [6.07, 6.45) is 16.7. The lowest BCUT2D eigenvalue weighted by atomic mass is 9.90. The number of allylic oxidation sites excluding steroid dienone is 3. The van der Waals surface area contributed by atoms with Crippen LogP contribution in [0.3, 0.4) is 0 Å². The molecule has 226 valence electrons. The molecule has 39 heavy (non-hydrogen) atoms. The first-order valence-electron chi connectivity index (χ1n) is 15.7. The largest absolute Gasteiger partial charge is 0.413 e. The summed E-state index contributed by atoms with van der Waals surface area (Å²) in [5.74, 6) is 2.14. The molecule has 3 nitrogen and oxygen atoms in total. The number of hydrogen-bond donors (Lipinski definition) is 1. The van der Waals surface area contributed by atoms with E-state index >= 15 is 0 Å². The molecular weight excluding hydrogens is 513 g/mol. The van der Waals surface area contributed by atoms with Crippen molar-refractivity contribution in [1.82, 2.24) is 0 Å². The number of hydrogen-bond acceptors (Lipinski definition) is 3. The molecule has 1 saturated carbocycles. The van der Waals surface area contributed by atoms with E-state index in [9.17, 15) is 5.11 Å². The minimum absolute atomic E-state index is 0.141. The topological polar surface area (TPSA) is 38.7 Å². The van der Waals surface area contributed by atoms with Crippen LogP contribution in [0.1, 0.15) is 101 Å². The monoisotopic (exact) mass is 576 g/mol. The molecule has 0 heterocycles. The van der Waals surface area contributed by atoms with Crippen molar-refractivity contribution in [3.8, 4) is 0 Å². The SMILES string of the molecule is CC(C)=CCC[C@@H](C)C[C@@H](/C=C/[C@@H]1[C@H]2C=C(CCO)C[C@H]2C[C@H]1O[Si](C)(C)C(C)(C)C)O[Si](C)(C)C(C)(C)C. The fraction of sp³-hybridized carbons (Fsp3) is 0.824. The lowest BCUT2D eigenvalue weighted by Gasteiger charge is -2.40. The Labute approximate surface area is 245 Å². The van der Waals surface area contributed by atoms with Crippen molar-refractivity contribution in [2.75, 3.05) is 6.61 Å². The van der Waals surface area contributed by atoms with Crippen LogP contribution in [0.25, 0.3) is 0 Å². The van der Waals surface area contributed by atoms with Gasteiger partial charge in [-0.2, -0.15) is 0 Å². The fourth-order valence-corrected chi connectivity index (χ4v) is 8.37. The van der Waals surface area contributed by atoms with Gasteiger partial charge in [-0.1, -0.05) is 83.9 Å². The van der Waals surface area contributed by atoms with E-state index in [1.807, 2.05) is 0 Å². The number of rotatable bonds is 13. The summed E-state index contributed by atoms with van der Waals surface area (Å²) >= 11 is 0. The average molecular weight is 577 g/mol. The fourth-order valence-electron chi connectivity index (χ4n) is 5.73. The molecule has 0 amide bonds. The standard InChI is InChI=1S/C34H64O3Si2/c1-25(2)15-14-16-26(3)21-29(36-38(10,11)33(4,5)6)17-18-30-31-23-27(19-20-35)22-28(31)24-32(30)37-39(12,13)34(7,8)9/h15,17-18,23,26,28-32,35H,14,16,19-22,24H2,1-13H3/b18-17+/t26-,28+,29-,30-,31+,32-/m1/s1. The van der Waals surface area contributed by atoms with Gasteiger partial charge in [-0.15, -0.1) is 0 Å². The summed E-state index contributed by atoms with van der Waals surface area (Å²) in [6.45, 7) is 30.7. The maximum absolute atomic E-state index is 9.59. The van der Waals surface area contributed by atoms with E-state index < -0.39 is 16.6 Å². The Morgan fingerprint density at radius 2 is 1.67 bits per heavy atom. The van der Waals surface area contributed by atoms with Gasteiger partial charge in [0.2, 0.25) is 0 Å². The molecule has 1 N–H and O–H groups in total. The predicted molar refractivity (Wildman–Crippen MR) is 175 cm³/mol. The second-order valence-corrected chi connectivity index (χ2v) is 25.6. The van der Waals surface area contributed by atoms with E-state index in [2.05, 4.69) is 113 Å². The lowest BCUT2D eigenvalue weighted by Crippen LogP contribution is -2.45. The van der Waals surface area contributed by atoms with Crippen molar-refractivity contribution in [2.24, 2.45) is 23.7 Å². The van der Waals surface area contributed by atoms with Crippen LogP contribution in [0.5, 0.6) is 0 Å². The number of aliphatic hydroxyl groups is 1. The van der Waals surface area contributed by atoms with Crippen LogP contribution in [0, 0.1) is 23.7 Å². The maximum atomic E-state index is 9.59. The minimum atomic E-state index is -1.92. The molecule has 0 aromatic rings. The van der Waals surface area contributed by atoms with Gasteiger partial charge in [-0.3, -0.25) is 0 Å². The van der Waals surface area contributed by atoms with Gasteiger partial charge in [0.05, 0.1) is 12.2 Å². The normalized spacial score (nSPS) is 26.1. The highest BCUT2D eigenvalue weighted by Crippen LogP contribution is 2.51. The molecule has 2 rings (SSSR count). The second kappa shape index (κ2) is 13.7. The highest BCUT2D eigenvalue weighted by atomic mass is 28.4. The van der Waals surface area contributed by atoms with Gasteiger partial charge in [-0.05, 0) is 106 Å². The van der Waals surface area contributed by atoms with Crippen molar-refractivity contribution in [3.63, 3.8) is 0 Å². The van der Waals surface area contributed by atoms with Crippen LogP contribution in [-0.2, 0) is 8.85 Å². The van der Waals surface area contributed by atoms with E-state index in [0.717, 1.165) is 32.1 Å². The predicted octanol–water partition coefficient (Wildman–Crippen LogP) is 10.1. The molecule has 2 aliphatic rings. The molecule has 1 fully saturated rings. The highest BCUT2D eigenvalue weighted by Gasteiger charge is 2.48. The third-order valence-electron chi connectivity index (χ3n) is 10.2. The molecule has 0 spiro atoms. The molecule has 0 radical (unpaired) electrons. The van der Waals surface area contributed by atoms with Crippen molar-refractivity contribution < 1.29 is 14.0 Å². The first-order chi connectivity index (χ1) is 17.8. The van der Waals surface area contributed by atoms with Crippen LogP contribution in [0.4, 0.5) is 0 Å². The van der Waals surface area contributed by atoms with Crippen LogP contribution in [0.2, 0.25) is 36.3 Å². The van der Waals surface area contributed by atoms with Gasteiger partial charge in [0.1, 0.15) is 0 Å². The minimum Gasteiger partial charge on any atom is -0.413 e. The molecule has 0 saturated heterocycles. The quantitative estimate of drug-likeness (QED) is 0.175. The zero-order valence-corrected chi connectivity index (χ0v) is 30.0. The van der Waals surface area contributed by atoms with Crippen molar-refractivity contribution in [1.29, 1.82) is 0 Å². The van der Waals surface area contributed by atoms with Gasteiger partial charge >= 0.3 is 0 Å². The number of aliphatic hydroxyl groups excluding tert-OH is 1. The molecule has 6 atom stereocenters. The third kappa shape index (κ3) is 9.80. The Kier molecular flexibility index (Phi) is 12.2. The maximum Gasteiger partial charge on any atom is 0.192 e. The van der Waals surface area contributed by atoms with Gasteiger partial charge in [0.15, 0.2) is 16.6 Å². The summed E-state index contributed by atoms with van der Waals surface area (Å²) in [5, 5.41) is 9.97. The van der Waals surface area contributed by atoms with E-state index in [1.165, 1.54) is 17.6 Å². The Hall–Kier alpha value is -0.466. The Bertz CT molecular complexity index is 868. The van der Waals surface area contributed by atoms with E-state index in [1.54, 1.807) is 0 Å². The van der Waals surface area contributed by atoms with Gasteiger partial charge < -0.3 is 14.0 Å². The number of fused-ring (bicyclic) bond motifs is 1. The average Bonchev–Trinajstić information content (AvgIpc) is 3.26. The zero-order chi connectivity index (χ0) is 29.8. The van der Waals surface area contributed by atoms with Crippen LogP contribution >= 0.6 is 0 Å². The lowest BCUT2D eigenvalue weighted by molar-refractivity contribution is 0.150. The second-order valence-electron chi connectivity index (χ2n) is 16.1. The third-order valence-corrected chi connectivity index (χ3v) is 19.2. The summed E-state index contributed by atoms with van der Waals surface area (Å²) in [7, 11) is -3.80. The molecule has 5 heteroatoms. The first-order valence-corrected chi connectivity index (χ1v) is 21.6. The van der Waals surface area contributed by atoms with E-state index in [0.29, 0.717) is 23.7 Å². The van der Waals surface area contributed by atoms with Gasteiger partial charge in [0.25, 0.3) is 0 Å². The van der Waals surface area contributed by atoms with Crippen molar-refractivity contribution in [2.45, 2.75) is 149 Å². The molecule has 0 aromatic carbocycles. The summed E-state index contributed by atoms with van der Waals surface area (Å²) in [6, 6.07) is 0. The summed E-state index contributed by atoms with van der Waals surface area (Å²) in [4.78, 5) is 0. The zero-order valence-electron chi connectivity index (χ0n) is 28.0. The van der Waals surface area contributed by atoms with Crippen LogP contribution < -0.4 is 0 Å². The summed E-state index contributed by atoms with van der Waals surface area (Å²) in [5.41, 5.74) is 2.85. The highest BCUT2D eigenvalue weighted by molar-refractivity contribution is 6.74. The molecule has 0 aliphatic heterocycles. The van der Waals surface area contributed by atoms with Crippen molar-refractivity contribution in [3.05, 3.63) is 35.5 Å². The van der Waals surface area contributed by atoms with E-state index in [-0.39, 0.29) is 28.9 Å². The molecule has 0 aromatic heterocycles. The Balaban J connectivity index is 2.35. The smallest absolute Gasteiger partial charge is 0.192 e. The summed E-state index contributed by atoms with van der Waals surface area (Å²) < 4.78 is 14.2. The molecule has 2 aliphatic carbocycles.